The number of imide groups is 1. The van der Waals surface area contributed by atoms with Crippen molar-refractivity contribution in [2.45, 2.75) is 25.8 Å². The highest BCUT2D eigenvalue weighted by Crippen LogP contribution is 2.41. The molecule has 5 heteroatoms. The number of likely N-dealkylation sites (tertiary alicyclic amines) is 1. The number of piperidine rings is 1. The number of amides is 2. The molecule has 3 rings (SSSR count). The Morgan fingerprint density at radius 2 is 1.86 bits per heavy atom. The normalized spacial score (nSPS) is 21.1. The molecule has 0 saturated carbocycles. The number of nitrogens with zero attached hydrogens (tertiary/aromatic N) is 1. The van der Waals surface area contributed by atoms with Crippen molar-refractivity contribution < 1.29 is 14.3 Å². The molecule has 2 fully saturated rings. The highest BCUT2D eigenvalue weighted by Gasteiger charge is 2.51. The van der Waals surface area contributed by atoms with Gasteiger partial charge in [-0.3, -0.25) is 14.5 Å². The predicted octanol–water partition coefficient (Wildman–Crippen LogP) is 1.32. The van der Waals surface area contributed by atoms with Crippen LogP contribution in [-0.2, 0) is 16.1 Å². The fourth-order valence-electron chi connectivity index (χ4n) is 3.23. The van der Waals surface area contributed by atoms with Crippen LogP contribution in [0.4, 0.5) is 0 Å². The molecular weight excluding hydrogens is 268 g/mol. The van der Waals surface area contributed by atoms with Gasteiger partial charge in [-0.05, 0) is 43.6 Å². The van der Waals surface area contributed by atoms with Crippen molar-refractivity contribution in [3.8, 4) is 5.75 Å². The van der Waals surface area contributed by atoms with E-state index in [2.05, 4.69) is 5.32 Å². The van der Waals surface area contributed by atoms with Crippen molar-refractivity contribution in [3.63, 3.8) is 0 Å². The van der Waals surface area contributed by atoms with Gasteiger partial charge in [0, 0.05) is 6.42 Å². The van der Waals surface area contributed by atoms with Crippen molar-refractivity contribution in [1.82, 2.24) is 10.2 Å². The Balaban J connectivity index is 1.75. The molecule has 0 aromatic heterocycles. The third-order valence-corrected chi connectivity index (χ3v) is 4.55. The number of carbonyl (C=O) groups excluding carboxylic acids is 2. The number of benzene rings is 1. The third-order valence-electron chi connectivity index (χ3n) is 4.55. The Labute approximate surface area is 124 Å². The van der Waals surface area contributed by atoms with Gasteiger partial charge >= 0.3 is 0 Å². The van der Waals surface area contributed by atoms with Crippen molar-refractivity contribution in [1.29, 1.82) is 0 Å². The summed E-state index contributed by atoms with van der Waals surface area (Å²) in [4.78, 5) is 26.3. The molecule has 2 saturated heterocycles. The van der Waals surface area contributed by atoms with E-state index in [1.807, 2.05) is 24.3 Å². The lowest BCUT2D eigenvalue weighted by atomic mass is 9.77. The van der Waals surface area contributed by atoms with Crippen LogP contribution in [0.5, 0.6) is 5.75 Å². The SMILES string of the molecule is COc1ccc(CN2C(=O)CC3(CCNCC3)C2=O)cc1. The largest absolute Gasteiger partial charge is 0.497 e. The second kappa shape index (κ2) is 5.48. The van der Waals surface area contributed by atoms with Crippen molar-refractivity contribution in [2.75, 3.05) is 20.2 Å². The lowest BCUT2D eigenvalue weighted by molar-refractivity contribution is -0.142. The molecule has 112 valence electrons. The van der Waals surface area contributed by atoms with E-state index in [4.69, 9.17) is 4.74 Å². The molecule has 5 nitrogen and oxygen atoms in total. The maximum atomic E-state index is 12.7. The van der Waals surface area contributed by atoms with Gasteiger partial charge in [-0.25, -0.2) is 0 Å². The molecule has 0 unspecified atom stereocenters. The lowest BCUT2D eigenvalue weighted by Gasteiger charge is -2.31. The molecule has 0 bridgehead atoms. The van der Waals surface area contributed by atoms with Crippen molar-refractivity contribution >= 4 is 11.8 Å². The third kappa shape index (κ3) is 2.53. The summed E-state index contributed by atoms with van der Waals surface area (Å²) in [6.07, 6.45) is 1.89. The van der Waals surface area contributed by atoms with Crippen LogP contribution in [0.15, 0.2) is 24.3 Å². The number of methoxy groups -OCH3 is 1. The van der Waals surface area contributed by atoms with Crippen LogP contribution < -0.4 is 10.1 Å². The Bertz CT molecular complexity index is 547. The predicted molar refractivity (Wildman–Crippen MR) is 77.7 cm³/mol. The molecule has 2 aliphatic rings. The van der Waals surface area contributed by atoms with Gasteiger partial charge in [0.25, 0.3) is 0 Å². The molecule has 1 N–H and O–H groups in total. The van der Waals surface area contributed by atoms with Crippen LogP contribution in [0, 0.1) is 5.41 Å². The molecule has 1 aromatic carbocycles. The van der Waals surface area contributed by atoms with Crippen molar-refractivity contribution in [2.24, 2.45) is 5.41 Å². The Morgan fingerprint density at radius 3 is 2.48 bits per heavy atom. The first-order chi connectivity index (χ1) is 10.1. The van der Waals surface area contributed by atoms with E-state index in [9.17, 15) is 9.59 Å². The highest BCUT2D eigenvalue weighted by molar-refractivity contribution is 6.05. The van der Waals surface area contributed by atoms with Gasteiger partial charge in [0.15, 0.2) is 0 Å². The van der Waals surface area contributed by atoms with Gasteiger partial charge in [-0.15, -0.1) is 0 Å². The summed E-state index contributed by atoms with van der Waals surface area (Å²) in [5, 5.41) is 3.25. The first-order valence-electron chi connectivity index (χ1n) is 7.33. The number of ether oxygens (including phenoxy) is 1. The number of hydrogen-bond donors (Lipinski definition) is 1. The van der Waals surface area contributed by atoms with Gasteiger partial charge in [-0.1, -0.05) is 12.1 Å². The smallest absolute Gasteiger partial charge is 0.236 e. The summed E-state index contributed by atoms with van der Waals surface area (Å²) in [6, 6.07) is 7.49. The molecule has 1 spiro atoms. The van der Waals surface area contributed by atoms with Crippen LogP contribution >= 0.6 is 0 Å². The minimum Gasteiger partial charge on any atom is -0.497 e. The molecule has 0 radical (unpaired) electrons. The molecule has 0 atom stereocenters. The molecular formula is C16H20N2O3. The molecule has 2 heterocycles. The molecule has 0 aliphatic carbocycles. The van der Waals surface area contributed by atoms with E-state index in [1.54, 1.807) is 7.11 Å². The fraction of sp³-hybridized carbons (Fsp3) is 0.500. The zero-order valence-electron chi connectivity index (χ0n) is 12.2. The van der Waals surface area contributed by atoms with Gasteiger partial charge in [0.05, 0.1) is 19.1 Å². The summed E-state index contributed by atoms with van der Waals surface area (Å²) >= 11 is 0. The molecule has 21 heavy (non-hydrogen) atoms. The zero-order valence-corrected chi connectivity index (χ0v) is 12.2. The van der Waals surface area contributed by atoms with Gasteiger partial charge in [0.2, 0.25) is 11.8 Å². The average molecular weight is 288 g/mol. The van der Waals surface area contributed by atoms with Crippen LogP contribution in [0.1, 0.15) is 24.8 Å². The summed E-state index contributed by atoms with van der Waals surface area (Å²) < 4.78 is 5.12. The number of carbonyl (C=O) groups is 2. The van der Waals surface area contributed by atoms with Crippen LogP contribution in [0.2, 0.25) is 0 Å². The number of nitrogens with one attached hydrogen (secondary N) is 1. The molecule has 1 aromatic rings. The first-order valence-corrected chi connectivity index (χ1v) is 7.33. The van der Waals surface area contributed by atoms with E-state index < -0.39 is 5.41 Å². The first kappa shape index (κ1) is 14.1. The van der Waals surface area contributed by atoms with Gasteiger partial charge in [-0.2, -0.15) is 0 Å². The Kier molecular flexibility index (Phi) is 3.68. The van der Waals surface area contributed by atoms with E-state index in [0.29, 0.717) is 13.0 Å². The quantitative estimate of drug-likeness (QED) is 0.852. The van der Waals surface area contributed by atoms with E-state index in [0.717, 1.165) is 37.2 Å². The van der Waals surface area contributed by atoms with E-state index in [1.165, 1.54) is 4.90 Å². The second-order valence-electron chi connectivity index (χ2n) is 5.84. The number of rotatable bonds is 3. The lowest BCUT2D eigenvalue weighted by Crippen LogP contribution is -2.42. The average Bonchev–Trinajstić information content (AvgIpc) is 2.73. The topological polar surface area (TPSA) is 58.6 Å². The van der Waals surface area contributed by atoms with Crippen LogP contribution in [-0.4, -0.2) is 36.9 Å². The standard InChI is InChI=1S/C16H20N2O3/c1-21-13-4-2-12(3-5-13)11-18-14(19)10-16(15(18)20)6-8-17-9-7-16/h2-5,17H,6-11H2,1H3. The van der Waals surface area contributed by atoms with Gasteiger partial charge < -0.3 is 10.1 Å². The minimum absolute atomic E-state index is 0.00446. The summed E-state index contributed by atoms with van der Waals surface area (Å²) in [6.45, 7) is 1.99. The zero-order chi connectivity index (χ0) is 14.9. The Morgan fingerprint density at radius 1 is 1.19 bits per heavy atom. The molecule has 2 amide bonds. The maximum absolute atomic E-state index is 12.7. The molecule has 2 aliphatic heterocycles. The Hall–Kier alpha value is -1.88. The summed E-state index contributed by atoms with van der Waals surface area (Å²) in [7, 11) is 1.61. The summed E-state index contributed by atoms with van der Waals surface area (Å²) in [5.74, 6) is 0.732. The summed E-state index contributed by atoms with van der Waals surface area (Å²) in [5.41, 5.74) is 0.498. The van der Waals surface area contributed by atoms with Crippen LogP contribution in [0.3, 0.4) is 0 Å². The second-order valence-corrected chi connectivity index (χ2v) is 5.84. The monoisotopic (exact) mass is 288 g/mol. The van der Waals surface area contributed by atoms with E-state index in [-0.39, 0.29) is 11.8 Å². The van der Waals surface area contributed by atoms with Crippen LogP contribution in [0.25, 0.3) is 0 Å². The van der Waals surface area contributed by atoms with Crippen molar-refractivity contribution in [3.05, 3.63) is 29.8 Å². The highest BCUT2D eigenvalue weighted by atomic mass is 16.5. The number of hydrogen-bond acceptors (Lipinski definition) is 4. The maximum Gasteiger partial charge on any atom is 0.236 e. The fourth-order valence-corrected chi connectivity index (χ4v) is 3.23. The van der Waals surface area contributed by atoms with E-state index >= 15 is 0 Å². The van der Waals surface area contributed by atoms with Gasteiger partial charge in [0.1, 0.15) is 5.75 Å². The minimum atomic E-state index is -0.450.